The summed E-state index contributed by atoms with van der Waals surface area (Å²) in [5, 5.41) is 24.1. The van der Waals surface area contributed by atoms with Crippen molar-refractivity contribution in [2.75, 3.05) is 0 Å². The van der Waals surface area contributed by atoms with Crippen molar-refractivity contribution in [3.8, 4) is 0 Å². The highest BCUT2D eigenvalue weighted by Gasteiger charge is 2.68. The van der Waals surface area contributed by atoms with E-state index in [1.165, 1.54) is 130 Å². The first-order valence-electron chi connectivity index (χ1n) is 22.4. The van der Waals surface area contributed by atoms with E-state index in [0.717, 1.165) is 0 Å². The molecule has 0 amide bonds. The minimum Gasteiger partial charge on any atom is -0.194 e. The van der Waals surface area contributed by atoms with Crippen LogP contribution in [-0.2, 0) is 5.66 Å². The van der Waals surface area contributed by atoms with Gasteiger partial charge in [0.05, 0.1) is 21.9 Å². The summed E-state index contributed by atoms with van der Waals surface area (Å²) < 4.78 is 10.5. The van der Waals surface area contributed by atoms with E-state index in [2.05, 4.69) is 225 Å². The number of rotatable bonds is 2. The molecule has 0 N–H and O–H groups in total. The first-order valence-corrected chi connectivity index (χ1v) is 24.4. The molecule has 0 unspecified atom stereocenters. The second-order valence-electron chi connectivity index (χ2n) is 18.3. The Morgan fingerprint density at radius 2 is 0.688 bits per heavy atom. The smallest absolute Gasteiger partial charge is 0.194 e. The van der Waals surface area contributed by atoms with Crippen LogP contribution >= 0.6 is 0 Å². The van der Waals surface area contributed by atoms with Crippen molar-refractivity contribution in [1.82, 2.24) is 8.80 Å². The van der Waals surface area contributed by atoms with Gasteiger partial charge in [-0.05, 0) is 53.1 Å². The topological polar surface area (TPSA) is 16.6 Å². The Morgan fingerprint density at radius 1 is 0.328 bits per heavy atom. The molecule has 0 saturated heterocycles. The van der Waals surface area contributed by atoms with Gasteiger partial charge in [-0.3, -0.25) is 0 Å². The maximum Gasteiger partial charge on any atom is 0.308 e. The summed E-state index contributed by atoms with van der Waals surface area (Å²) in [7, 11) is -3.03. The standard InChI is InChI=1S/C59H34N4Si/c1-3-15-35(16-4-1)64(36-17-5-2-6-18-36)47-29-27-45-49-41-23-11-7-19-37(41)39-21-9-13-25-43(39)55(49)60-31-33-62-57(60)51(45)53(47)59(62)54-48(64)30-28-46-50-42-24-12-8-20-38(42)40-22-10-14-26-44(40)56(50)61-32-34-63(59)58(61)52(46)54/h1-34H/q+2. The lowest BCUT2D eigenvalue weighted by Crippen LogP contribution is -2.84. The normalized spacial score (nSPS) is 15.1. The molecule has 3 aliphatic heterocycles. The number of fused-ring (bicyclic) bond motifs is 16. The van der Waals surface area contributed by atoms with Gasteiger partial charge in [0.2, 0.25) is 0 Å². The van der Waals surface area contributed by atoms with E-state index in [-0.39, 0.29) is 0 Å². The molecule has 3 aliphatic rings. The fourth-order valence-corrected chi connectivity index (χ4v) is 19.2. The number of nitrogens with zero attached hydrogens (tertiary/aromatic N) is 4. The summed E-state index contributed by atoms with van der Waals surface area (Å²) in [5.74, 6) is 0. The Labute approximate surface area is 366 Å². The van der Waals surface area contributed by atoms with E-state index >= 15 is 0 Å². The monoisotopic (exact) mass is 826 g/mol. The Kier molecular flexibility index (Phi) is 5.46. The molecule has 17 rings (SSSR count). The summed E-state index contributed by atoms with van der Waals surface area (Å²) >= 11 is 0. The van der Waals surface area contributed by atoms with Gasteiger partial charge in [-0.1, -0.05) is 182 Å². The van der Waals surface area contributed by atoms with Crippen LogP contribution in [0.5, 0.6) is 0 Å². The SMILES string of the molecule is c1ccc([Si]2(c3ccccc3)c3ccc4c5c3C3(c6c2ccc2c6c6n(cc[n+]63)c3c6ccccc6c6ccccc6c23)[n+]2ccn(c3c6ccccc6c6ccccc6c43)c52)cc1. The first-order chi connectivity index (χ1) is 31.8. The van der Waals surface area contributed by atoms with Gasteiger partial charge in [0.15, 0.2) is 8.07 Å². The predicted octanol–water partition coefficient (Wildman–Crippen LogP) is 9.61. The third-order valence-corrected chi connectivity index (χ3v) is 20.8. The van der Waals surface area contributed by atoms with Gasteiger partial charge in [-0.15, -0.1) is 0 Å². The van der Waals surface area contributed by atoms with Crippen molar-refractivity contribution in [2.24, 2.45) is 0 Å². The zero-order valence-electron chi connectivity index (χ0n) is 34.4. The number of imidazole rings is 2. The third kappa shape index (κ3) is 3.23. The molecule has 0 radical (unpaired) electrons. The molecule has 0 saturated carbocycles. The molecule has 10 aromatic carbocycles. The highest BCUT2D eigenvalue weighted by atomic mass is 28.3. The first kappa shape index (κ1) is 32.6. The van der Waals surface area contributed by atoms with Crippen molar-refractivity contribution >= 4 is 127 Å². The minimum absolute atomic E-state index is 0.677. The van der Waals surface area contributed by atoms with Crippen LogP contribution in [0.4, 0.5) is 0 Å². The Morgan fingerprint density at radius 3 is 1.11 bits per heavy atom. The van der Waals surface area contributed by atoms with E-state index in [1.807, 2.05) is 0 Å². The van der Waals surface area contributed by atoms with E-state index in [4.69, 9.17) is 0 Å². The number of hydrogen-bond donors (Lipinski definition) is 0. The van der Waals surface area contributed by atoms with Crippen molar-refractivity contribution in [1.29, 1.82) is 0 Å². The predicted molar refractivity (Wildman–Crippen MR) is 264 cm³/mol. The minimum atomic E-state index is -3.03. The highest BCUT2D eigenvalue weighted by Crippen LogP contribution is 2.52. The van der Waals surface area contributed by atoms with Crippen LogP contribution < -0.4 is 29.9 Å². The van der Waals surface area contributed by atoms with Crippen molar-refractivity contribution in [3.05, 3.63) is 218 Å². The number of hydrogen-bond acceptors (Lipinski definition) is 0. The fraction of sp³-hybridized carbons (Fsp3) is 0.0169. The van der Waals surface area contributed by atoms with Gasteiger partial charge in [-0.2, -0.15) is 17.9 Å². The summed E-state index contributed by atoms with van der Waals surface area (Å²) in [6, 6.07) is 69.6. The molecule has 0 aliphatic carbocycles. The molecular weight excluding hydrogens is 793 g/mol. The molecular formula is C59H34N4Si+2. The zero-order valence-corrected chi connectivity index (χ0v) is 35.4. The summed E-state index contributed by atoms with van der Waals surface area (Å²) in [6.07, 6.45) is 9.56. The maximum atomic E-state index is 2.69. The van der Waals surface area contributed by atoms with E-state index < -0.39 is 13.7 Å². The van der Waals surface area contributed by atoms with Crippen LogP contribution in [0.1, 0.15) is 11.1 Å². The molecule has 292 valence electrons. The highest BCUT2D eigenvalue weighted by molar-refractivity contribution is 7.20. The van der Waals surface area contributed by atoms with Crippen LogP contribution in [0.15, 0.2) is 207 Å². The van der Waals surface area contributed by atoms with Crippen molar-refractivity contribution in [3.63, 3.8) is 0 Å². The van der Waals surface area contributed by atoms with Crippen LogP contribution in [-0.4, -0.2) is 16.9 Å². The molecule has 0 atom stereocenters. The average molecular weight is 827 g/mol. The van der Waals surface area contributed by atoms with Gasteiger partial charge in [-0.25, -0.2) is 0 Å². The second kappa shape index (κ2) is 10.7. The third-order valence-electron chi connectivity index (χ3n) is 15.9. The van der Waals surface area contributed by atoms with Gasteiger partial charge in [0.1, 0.15) is 35.8 Å². The molecule has 14 aromatic rings. The second-order valence-corrected chi connectivity index (χ2v) is 22.1. The number of aromatic nitrogens is 4. The fourth-order valence-electron chi connectivity index (χ4n) is 13.9. The molecule has 4 aromatic heterocycles. The molecule has 0 fully saturated rings. The summed E-state index contributed by atoms with van der Waals surface area (Å²) in [4.78, 5) is 0. The largest absolute Gasteiger partial charge is 0.308 e. The van der Waals surface area contributed by atoms with Gasteiger partial charge < -0.3 is 0 Å². The van der Waals surface area contributed by atoms with Gasteiger partial charge in [0.25, 0.3) is 11.3 Å². The molecule has 5 heteroatoms. The van der Waals surface area contributed by atoms with Crippen molar-refractivity contribution in [2.45, 2.75) is 5.66 Å². The molecule has 0 bridgehead atoms. The van der Waals surface area contributed by atoms with Crippen LogP contribution in [0.2, 0.25) is 0 Å². The molecule has 1 spiro atoms. The van der Waals surface area contributed by atoms with E-state index in [9.17, 15) is 0 Å². The van der Waals surface area contributed by atoms with Crippen molar-refractivity contribution < 1.29 is 9.13 Å². The zero-order chi connectivity index (χ0) is 41.2. The number of pyridine rings is 2. The Balaban J connectivity index is 1.19. The number of benzene rings is 10. The van der Waals surface area contributed by atoms with Crippen LogP contribution in [0.25, 0.3) is 97.7 Å². The summed E-state index contributed by atoms with van der Waals surface area (Å²) in [6.45, 7) is 0. The quantitative estimate of drug-likeness (QED) is 0.0939. The van der Waals surface area contributed by atoms with Crippen LogP contribution in [0.3, 0.4) is 0 Å². The molecule has 7 heterocycles. The molecule has 64 heavy (non-hydrogen) atoms. The maximum absolute atomic E-state index is 3.03. The lowest BCUT2D eigenvalue weighted by molar-refractivity contribution is -0.944. The van der Waals surface area contributed by atoms with Gasteiger partial charge >= 0.3 is 5.66 Å². The Hall–Kier alpha value is -8.12. The lowest BCUT2D eigenvalue weighted by atomic mass is 9.86. The van der Waals surface area contributed by atoms with Gasteiger partial charge in [0, 0.05) is 32.3 Å². The van der Waals surface area contributed by atoms with E-state index in [0.29, 0.717) is 0 Å². The average Bonchev–Trinajstić information content (AvgIpc) is 4.15. The Bertz CT molecular complexity index is 4250. The molecule has 4 nitrogen and oxygen atoms in total. The van der Waals surface area contributed by atoms with Crippen LogP contribution in [0, 0.1) is 0 Å². The summed E-state index contributed by atoms with van der Waals surface area (Å²) in [5.41, 5.74) is 7.25. The lowest BCUT2D eigenvalue weighted by Gasteiger charge is -2.43. The van der Waals surface area contributed by atoms with E-state index in [1.54, 1.807) is 0 Å².